The second kappa shape index (κ2) is 9.43. The number of aromatic nitrogens is 1. The maximum absolute atomic E-state index is 13.2. The molecule has 0 bridgehead atoms. The van der Waals surface area contributed by atoms with Crippen LogP contribution in [0.3, 0.4) is 0 Å². The van der Waals surface area contributed by atoms with Gasteiger partial charge in [0.05, 0.1) is 16.6 Å². The summed E-state index contributed by atoms with van der Waals surface area (Å²) in [6.45, 7) is 6.29. The number of nitrogens with one attached hydrogen (secondary N) is 1. The Balaban J connectivity index is 1.52. The molecule has 1 N–H and O–H groups in total. The average Bonchev–Trinajstić information content (AvgIpc) is 3.45. The van der Waals surface area contributed by atoms with E-state index in [1.54, 1.807) is 28.8 Å². The van der Waals surface area contributed by atoms with Crippen LogP contribution >= 0.6 is 22.7 Å². The van der Waals surface area contributed by atoms with E-state index in [1.165, 1.54) is 21.2 Å². The largest absolute Gasteiger partial charge is 0.347 e. The number of rotatable bonds is 6. The molecule has 9 heteroatoms. The van der Waals surface area contributed by atoms with Gasteiger partial charge in [-0.25, -0.2) is 13.4 Å². The van der Waals surface area contributed by atoms with Gasteiger partial charge in [-0.15, -0.1) is 22.7 Å². The number of piperidine rings is 1. The summed E-state index contributed by atoms with van der Waals surface area (Å²) in [5, 5.41) is 5.71. The van der Waals surface area contributed by atoms with Gasteiger partial charge < -0.3 is 5.32 Å². The van der Waals surface area contributed by atoms with Gasteiger partial charge in [0.25, 0.3) is 10.0 Å². The number of carbonyl (C=O) groups is 1. The first-order valence-corrected chi connectivity index (χ1v) is 13.8. The third kappa shape index (κ3) is 4.66. The number of thiophene rings is 1. The highest BCUT2D eigenvalue weighted by Gasteiger charge is 2.38. The van der Waals surface area contributed by atoms with E-state index in [4.69, 9.17) is 4.98 Å². The molecule has 4 rings (SSSR count). The van der Waals surface area contributed by atoms with Crippen LogP contribution in [0.25, 0.3) is 10.6 Å². The molecule has 1 amide bonds. The standard InChI is InChI=1S/C23H27N3O3S3/c1-15-9-11-18(12-10-15)23-25-17(3)21(31-23)16(2)24-22(27)19-7-4-5-13-26(19)32(28,29)20-8-6-14-30-20/h6,8-12,14,16,19H,4-5,7,13H2,1-3H3,(H,24,27). The lowest BCUT2D eigenvalue weighted by atomic mass is 10.0. The van der Waals surface area contributed by atoms with Gasteiger partial charge >= 0.3 is 0 Å². The van der Waals surface area contributed by atoms with Crippen molar-refractivity contribution >= 4 is 38.6 Å². The number of nitrogens with zero attached hydrogens (tertiary/aromatic N) is 2. The minimum atomic E-state index is -3.68. The summed E-state index contributed by atoms with van der Waals surface area (Å²) in [6, 6.07) is 10.6. The van der Waals surface area contributed by atoms with Gasteiger partial charge in [0, 0.05) is 12.1 Å². The molecule has 6 nitrogen and oxygen atoms in total. The Morgan fingerprint density at radius 3 is 2.62 bits per heavy atom. The third-order valence-corrected chi connectivity index (χ3v) is 10.4. The molecule has 170 valence electrons. The Morgan fingerprint density at radius 1 is 1.19 bits per heavy atom. The van der Waals surface area contributed by atoms with E-state index in [1.807, 2.05) is 20.8 Å². The van der Waals surface area contributed by atoms with Crippen LogP contribution in [-0.2, 0) is 14.8 Å². The van der Waals surface area contributed by atoms with Crippen LogP contribution in [0.1, 0.15) is 48.4 Å². The molecule has 2 unspecified atom stereocenters. The maximum atomic E-state index is 13.2. The molecule has 2 aromatic heterocycles. The highest BCUT2D eigenvalue weighted by atomic mass is 32.2. The van der Waals surface area contributed by atoms with Gasteiger partial charge in [-0.2, -0.15) is 4.31 Å². The molecule has 1 aliphatic rings. The number of amides is 1. The summed E-state index contributed by atoms with van der Waals surface area (Å²) in [5.41, 5.74) is 3.12. The molecule has 3 heterocycles. The van der Waals surface area contributed by atoms with Gasteiger partial charge in [0.2, 0.25) is 5.91 Å². The minimum absolute atomic E-state index is 0.248. The lowest BCUT2D eigenvalue weighted by Crippen LogP contribution is -2.52. The first kappa shape index (κ1) is 23.1. The Morgan fingerprint density at radius 2 is 1.94 bits per heavy atom. The summed E-state index contributed by atoms with van der Waals surface area (Å²) in [7, 11) is -3.68. The van der Waals surface area contributed by atoms with Crippen molar-refractivity contribution in [3.8, 4) is 10.6 Å². The van der Waals surface area contributed by atoms with Gasteiger partial charge in [-0.1, -0.05) is 42.3 Å². The molecule has 2 atom stereocenters. The zero-order valence-corrected chi connectivity index (χ0v) is 20.8. The van der Waals surface area contributed by atoms with Crippen LogP contribution in [0.2, 0.25) is 0 Å². The van der Waals surface area contributed by atoms with E-state index in [-0.39, 0.29) is 16.2 Å². The Hall–Kier alpha value is -2.07. The highest BCUT2D eigenvalue weighted by molar-refractivity contribution is 7.91. The van der Waals surface area contributed by atoms with E-state index in [0.717, 1.165) is 34.0 Å². The number of hydrogen-bond acceptors (Lipinski definition) is 6. The zero-order chi connectivity index (χ0) is 22.9. The van der Waals surface area contributed by atoms with E-state index in [9.17, 15) is 13.2 Å². The Kier molecular flexibility index (Phi) is 6.80. The molecule has 1 saturated heterocycles. The summed E-state index contributed by atoms with van der Waals surface area (Å²) in [4.78, 5) is 18.9. The number of thiazole rings is 1. The number of carbonyl (C=O) groups excluding carboxylic acids is 1. The summed E-state index contributed by atoms with van der Waals surface area (Å²) >= 11 is 2.75. The second-order valence-electron chi connectivity index (χ2n) is 8.12. The normalized spacial score (nSPS) is 18.4. The topological polar surface area (TPSA) is 79.4 Å². The quantitative estimate of drug-likeness (QED) is 0.534. The van der Waals surface area contributed by atoms with Crippen LogP contribution < -0.4 is 5.32 Å². The van der Waals surface area contributed by atoms with Gasteiger partial charge in [0.1, 0.15) is 15.3 Å². The molecule has 32 heavy (non-hydrogen) atoms. The molecule has 3 aromatic rings. The fraction of sp³-hybridized carbons (Fsp3) is 0.391. The zero-order valence-electron chi connectivity index (χ0n) is 18.4. The van der Waals surface area contributed by atoms with Gasteiger partial charge in [-0.3, -0.25) is 4.79 Å². The minimum Gasteiger partial charge on any atom is -0.347 e. The van der Waals surface area contributed by atoms with Crippen molar-refractivity contribution < 1.29 is 13.2 Å². The molecule has 0 aliphatic carbocycles. The molecular formula is C23H27N3O3S3. The SMILES string of the molecule is Cc1ccc(-c2nc(C)c(C(C)NC(=O)C3CCCCN3S(=O)(=O)c3cccs3)s2)cc1. The van der Waals surface area contributed by atoms with Crippen molar-refractivity contribution in [3.05, 3.63) is 57.9 Å². The fourth-order valence-corrected chi connectivity index (χ4v) is 7.84. The van der Waals surface area contributed by atoms with E-state index in [0.29, 0.717) is 13.0 Å². The van der Waals surface area contributed by atoms with Crippen LogP contribution in [-0.4, -0.2) is 36.2 Å². The number of hydrogen-bond donors (Lipinski definition) is 1. The number of aryl methyl sites for hydroxylation is 2. The number of sulfonamides is 1. The molecule has 1 aliphatic heterocycles. The average molecular weight is 490 g/mol. The van der Waals surface area contributed by atoms with E-state index >= 15 is 0 Å². The summed E-state index contributed by atoms with van der Waals surface area (Å²) < 4.78 is 27.9. The monoisotopic (exact) mass is 489 g/mol. The first-order valence-electron chi connectivity index (χ1n) is 10.7. The number of benzene rings is 1. The maximum Gasteiger partial charge on any atom is 0.253 e. The van der Waals surface area contributed by atoms with Crippen LogP contribution in [0.4, 0.5) is 0 Å². The fourth-order valence-electron chi connectivity index (χ4n) is 3.99. The lowest BCUT2D eigenvalue weighted by molar-refractivity contribution is -0.126. The Bertz CT molecular complexity index is 1190. The van der Waals surface area contributed by atoms with Crippen LogP contribution in [0, 0.1) is 13.8 Å². The Labute approximate surface area is 197 Å². The van der Waals surface area contributed by atoms with Crippen molar-refractivity contribution in [1.82, 2.24) is 14.6 Å². The smallest absolute Gasteiger partial charge is 0.253 e. The predicted octanol–water partition coefficient (Wildman–Crippen LogP) is 4.91. The van der Waals surface area contributed by atoms with E-state index < -0.39 is 16.1 Å². The molecule has 1 fully saturated rings. The summed E-state index contributed by atoms with van der Waals surface area (Å²) in [5.74, 6) is -0.248. The molecular weight excluding hydrogens is 462 g/mol. The van der Waals surface area contributed by atoms with Gasteiger partial charge in [0.15, 0.2) is 0 Å². The van der Waals surface area contributed by atoms with Gasteiger partial charge in [-0.05, 0) is 45.1 Å². The van der Waals surface area contributed by atoms with Crippen molar-refractivity contribution in [2.24, 2.45) is 0 Å². The van der Waals surface area contributed by atoms with Crippen molar-refractivity contribution in [1.29, 1.82) is 0 Å². The highest BCUT2D eigenvalue weighted by Crippen LogP contribution is 2.33. The molecule has 1 aromatic carbocycles. The molecule has 0 radical (unpaired) electrons. The van der Waals surface area contributed by atoms with Crippen LogP contribution in [0.15, 0.2) is 46.0 Å². The third-order valence-electron chi connectivity index (χ3n) is 5.70. The van der Waals surface area contributed by atoms with E-state index in [2.05, 4.69) is 29.6 Å². The molecule has 0 spiro atoms. The van der Waals surface area contributed by atoms with Crippen LogP contribution in [0.5, 0.6) is 0 Å². The molecule has 0 saturated carbocycles. The second-order valence-corrected chi connectivity index (χ2v) is 12.2. The van der Waals surface area contributed by atoms with Crippen molar-refractivity contribution in [3.63, 3.8) is 0 Å². The van der Waals surface area contributed by atoms with Crippen molar-refractivity contribution in [2.75, 3.05) is 6.54 Å². The van der Waals surface area contributed by atoms with Crippen molar-refractivity contribution in [2.45, 2.75) is 56.3 Å². The lowest BCUT2D eigenvalue weighted by Gasteiger charge is -2.33. The first-order chi connectivity index (χ1) is 15.3. The summed E-state index contributed by atoms with van der Waals surface area (Å²) in [6.07, 6.45) is 2.12. The predicted molar refractivity (Wildman–Crippen MR) is 129 cm³/mol.